The maximum Gasteiger partial charge on any atom is 0.472 e. The van der Waals surface area contributed by atoms with Crippen molar-refractivity contribution < 1.29 is 80.2 Å². The lowest BCUT2D eigenvalue weighted by atomic mass is 10.0. The highest BCUT2D eigenvalue weighted by Gasteiger charge is 2.30. The molecule has 0 heterocycles. The molecule has 0 saturated carbocycles. The molecule has 0 aliphatic rings. The highest BCUT2D eigenvalue weighted by Crippen LogP contribution is 2.45. The van der Waals surface area contributed by atoms with Crippen molar-refractivity contribution in [3.8, 4) is 0 Å². The van der Waals surface area contributed by atoms with Crippen LogP contribution in [0.25, 0.3) is 0 Å². The number of phosphoric ester groups is 2. The van der Waals surface area contributed by atoms with Crippen LogP contribution in [0.15, 0.2) is 0 Å². The van der Waals surface area contributed by atoms with Crippen molar-refractivity contribution in [2.24, 2.45) is 17.8 Å². The fraction of sp³-hybridized carbons (Fsp3) is 0.953. The molecule has 0 aliphatic carbocycles. The zero-order valence-electron chi connectivity index (χ0n) is 69.2. The predicted octanol–water partition coefficient (Wildman–Crippen LogP) is 26.1. The molecule has 0 fully saturated rings. The number of carbonyl (C=O) groups is 4. The summed E-state index contributed by atoms with van der Waals surface area (Å²) in [7, 11) is -9.93. The zero-order valence-corrected chi connectivity index (χ0v) is 71.0. The minimum absolute atomic E-state index is 0.107. The van der Waals surface area contributed by atoms with Crippen LogP contribution in [0.4, 0.5) is 0 Å². The molecule has 0 bridgehead atoms. The van der Waals surface area contributed by atoms with Gasteiger partial charge in [0.1, 0.15) is 19.3 Å². The molecule has 0 rings (SSSR count). The van der Waals surface area contributed by atoms with Gasteiger partial charge in [-0.15, -0.1) is 0 Å². The first kappa shape index (κ1) is 103. The van der Waals surface area contributed by atoms with Gasteiger partial charge in [0.2, 0.25) is 0 Å². The van der Waals surface area contributed by atoms with Crippen molar-refractivity contribution in [2.45, 2.75) is 471 Å². The van der Waals surface area contributed by atoms with Crippen molar-refractivity contribution in [3.63, 3.8) is 0 Å². The van der Waals surface area contributed by atoms with Crippen LogP contribution in [0.3, 0.4) is 0 Å². The Balaban J connectivity index is 5.23. The topological polar surface area (TPSA) is 237 Å². The van der Waals surface area contributed by atoms with Gasteiger partial charge in [-0.2, -0.15) is 0 Å². The number of ether oxygens (including phenoxy) is 4. The molecule has 5 atom stereocenters. The first-order valence-electron chi connectivity index (χ1n) is 44.3. The molecule has 19 heteroatoms. The van der Waals surface area contributed by atoms with Crippen molar-refractivity contribution >= 4 is 39.5 Å². The highest BCUT2D eigenvalue weighted by atomic mass is 31.2. The Bertz CT molecular complexity index is 2030. The molecule has 2 unspecified atom stereocenters. The summed E-state index contributed by atoms with van der Waals surface area (Å²) < 4.78 is 68.9. The number of unbranched alkanes of at least 4 members (excludes halogenated alkanes) is 52. The summed E-state index contributed by atoms with van der Waals surface area (Å²) in [6.07, 6.45) is 66.7. The van der Waals surface area contributed by atoms with Gasteiger partial charge in [0, 0.05) is 25.7 Å². The second-order valence-corrected chi connectivity index (χ2v) is 35.3. The molecule has 0 aromatic rings. The molecule has 0 aromatic carbocycles. The monoisotopic (exact) mass is 1540 g/mol. The third-order valence-corrected chi connectivity index (χ3v) is 22.0. The van der Waals surface area contributed by atoms with E-state index in [1.54, 1.807) is 0 Å². The molecular weight excluding hydrogens is 1370 g/mol. The number of aliphatic hydroxyl groups is 1. The van der Waals surface area contributed by atoms with Crippen LogP contribution < -0.4 is 0 Å². The second kappa shape index (κ2) is 76.1. The first-order chi connectivity index (χ1) is 50.7. The van der Waals surface area contributed by atoms with Crippen LogP contribution in [0, 0.1) is 17.8 Å². The third-order valence-electron chi connectivity index (χ3n) is 20.1. The van der Waals surface area contributed by atoms with Crippen LogP contribution >= 0.6 is 15.6 Å². The molecular formula is C86H168O17P2. The fourth-order valence-electron chi connectivity index (χ4n) is 13.4. The lowest BCUT2D eigenvalue weighted by molar-refractivity contribution is -0.161. The molecule has 0 amide bonds. The van der Waals surface area contributed by atoms with Gasteiger partial charge in [0.25, 0.3) is 0 Å². The minimum Gasteiger partial charge on any atom is -0.462 e. The molecule has 0 aliphatic heterocycles. The Kier molecular flexibility index (Phi) is 74.7. The Hall–Kier alpha value is -1.94. The molecule has 17 nitrogen and oxygen atoms in total. The summed E-state index contributed by atoms with van der Waals surface area (Å²) in [4.78, 5) is 73.2. The smallest absolute Gasteiger partial charge is 0.462 e. The second-order valence-electron chi connectivity index (χ2n) is 32.4. The Morgan fingerprint density at radius 1 is 0.257 bits per heavy atom. The van der Waals surface area contributed by atoms with Gasteiger partial charge in [-0.25, -0.2) is 9.13 Å². The number of hydrogen-bond acceptors (Lipinski definition) is 15. The summed E-state index contributed by atoms with van der Waals surface area (Å²) in [5.41, 5.74) is 0. The lowest BCUT2D eigenvalue weighted by Gasteiger charge is -2.21. The number of carbonyl (C=O) groups excluding carboxylic acids is 4. The zero-order chi connectivity index (χ0) is 77.2. The van der Waals surface area contributed by atoms with Crippen LogP contribution in [-0.4, -0.2) is 96.7 Å². The van der Waals surface area contributed by atoms with E-state index >= 15 is 0 Å². The van der Waals surface area contributed by atoms with Gasteiger partial charge in [0.05, 0.1) is 26.4 Å². The van der Waals surface area contributed by atoms with E-state index in [2.05, 4.69) is 48.5 Å². The Labute approximate surface area is 645 Å². The maximum atomic E-state index is 13.1. The first-order valence-corrected chi connectivity index (χ1v) is 47.3. The lowest BCUT2D eigenvalue weighted by Crippen LogP contribution is -2.30. The largest absolute Gasteiger partial charge is 0.472 e. The normalized spacial score (nSPS) is 13.9. The van der Waals surface area contributed by atoms with Crippen molar-refractivity contribution in [2.75, 3.05) is 39.6 Å². The number of hydrogen-bond donors (Lipinski definition) is 3. The molecule has 3 N–H and O–H groups in total. The van der Waals surface area contributed by atoms with E-state index in [0.29, 0.717) is 25.7 Å². The average Bonchev–Trinajstić information content (AvgIpc) is 0.917. The SMILES string of the molecule is CCCCCCCCCCCCCCCCC(=O)O[C@H](COC(=O)CCCCCCCCCCC(C)C)COP(=O)(O)OC[C@H](O)COP(=O)(O)OC[C@@H](COC(=O)CCCCCCCCCCCCCCCCCCC(C)C)OC(=O)CCCCCCCCCCCCCCCCCCCCC(C)C. The Morgan fingerprint density at radius 3 is 0.648 bits per heavy atom. The number of aliphatic hydroxyl groups excluding tert-OH is 1. The summed E-state index contributed by atoms with van der Waals surface area (Å²) in [5.74, 6) is 0.255. The van der Waals surface area contributed by atoms with E-state index in [9.17, 15) is 43.2 Å². The quantitative estimate of drug-likeness (QED) is 0.0222. The van der Waals surface area contributed by atoms with E-state index in [-0.39, 0.29) is 25.7 Å². The molecule has 0 aromatic heterocycles. The van der Waals surface area contributed by atoms with Gasteiger partial charge in [-0.3, -0.25) is 37.3 Å². The van der Waals surface area contributed by atoms with E-state index in [1.807, 2.05) is 0 Å². The standard InChI is InChI=1S/C86H168O17P2/c1-8-9-10-11-12-13-14-15-28-34-39-48-55-62-69-85(90)103-82(74-97-84(89)68-61-54-47-42-41-45-52-59-66-79(6)7)76-101-105(94,95)99-72-80(87)71-98-104(92,93)100-75-81(73-96-83(88)67-60-53-46-38-33-29-24-21-20-23-27-32-37-44-51-58-65-78(4)5)102-86(91)70-63-56-49-40-35-30-25-19-17-16-18-22-26-31-36-43-50-57-64-77(2)3/h77-82,87H,8-76H2,1-7H3,(H,92,93)(H,94,95)/t80-,81-,82-/m1/s1. The van der Waals surface area contributed by atoms with E-state index in [0.717, 1.165) is 108 Å². The summed E-state index contributed by atoms with van der Waals surface area (Å²) in [6.45, 7) is 12.0. The van der Waals surface area contributed by atoms with Gasteiger partial charge in [-0.1, -0.05) is 402 Å². The van der Waals surface area contributed by atoms with Gasteiger partial charge in [0.15, 0.2) is 12.2 Å². The molecule has 0 radical (unpaired) electrons. The van der Waals surface area contributed by atoms with Crippen LogP contribution in [0.2, 0.25) is 0 Å². The highest BCUT2D eigenvalue weighted by molar-refractivity contribution is 7.47. The summed E-state index contributed by atoms with van der Waals surface area (Å²) >= 11 is 0. The molecule has 105 heavy (non-hydrogen) atoms. The van der Waals surface area contributed by atoms with E-state index < -0.39 is 97.5 Å². The van der Waals surface area contributed by atoms with Gasteiger partial charge >= 0.3 is 39.5 Å². The van der Waals surface area contributed by atoms with Crippen LogP contribution in [0.1, 0.15) is 453 Å². The maximum absolute atomic E-state index is 13.1. The fourth-order valence-corrected chi connectivity index (χ4v) is 14.9. The minimum atomic E-state index is -4.97. The van der Waals surface area contributed by atoms with Crippen molar-refractivity contribution in [1.29, 1.82) is 0 Å². The number of esters is 4. The molecule has 624 valence electrons. The van der Waals surface area contributed by atoms with Gasteiger partial charge in [-0.05, 0) is 43.4 Å². The Morgan fingerprint density at radius 2 is 0.438 bits per heavy atom. The van der Waals surface area contributed by atoms with Crippen molar-refractivity contribution in [1.82, 2.24) is 0 Å². The van der Waals surface area contributed by atoms with Crippen molar-refractivity contribution in [3.05, 3.63) is 0 Å². The average molecular weight is 1540 g/mol. The van der Waals surface area contributed by atoms with E-state index in [1.165, 1.54) is 263 Å². The summed E-state index contributed by atoms with van der Waals surface area (Å²) in [5, 5.41) is 10.7. The molecule has 0 spiro atoms. The van der Waals surface area contributed by atoms with Crippen LogP contribution in [0.5, 0.6) is 0 Å². The van der Waals surface area contributed by atoms with Crippen LogP contribution in [-0.2, 0) is 65.4 Å². The number of phosphoric acid groups is 2. The van der Waals surface area contributed by atoms with E-state index in [4.69, 9.17) is 37.0 Å². The predicted molar refractivity (Wildman–Crippen MR) is 432 cm³/mol. The third kappa shape index (κ3) is 79.9. The molecule has 0 saturated heterocycles. The summed E-state index contributed by atoms with van der Waals surface area (Å²) in [6, 6.07) is 0. The van der Waals surface area contributed by atoms with Gasteiger partial charge < -0.3 is 33.8 Å². The number of rotatable bonds is 84.